The van der Waals surface area contributed by atoms with Crippen molar-refractivity contribution in [3.8, 4) is 0 Å². The molecule has 0 aromatic carbocycles. The summed E-state index contributed by atoms with van der Waals surface area (Å²) in [6.45, 7) is 0. The first-order valence-corrected chi connectivity index (χ1v) is 5.32. The van der Waals surface area contributed by atoms with E-state index in [4.69, 9.17) is 5.11 Å². The van der Waals surface area contributed by atoms with Gasteiger partial charge in [0.1, 0.15) is 5.82 Å². The van der Waals surface area contributed by atoms with Crippen LogP contribution in [0.1, 0.15) is 23.4 Å². The van der Waals surface area contributed by atoms with Crippen molar-refractivity contribution in [2.75, 3.05) is 0 Å². The molecule has 0 saturated carbocycles. The molecule has 1 N–H and O–H groups in total. The van der Waals surface area contributed by atoms with Crippen molar-refractivity contribution >= 4 is 21.9 Å². The number of alkyl halides is 3. The van der Waals surface area contributed by atoms with Crippen molar-refractivity contribution in [2.45, 2.75) is 18.2 Å². The van der Waals surface area contributed by atoms with Gasteiger partial charge < -0.3 is 5.11 Å². The maximum atomic E-state index is 13.2. The lowest BCUT2D eigenvalue weighted by atomic mass is 10.1. The molecular weight excluding hydrogens is 291 g/mol. The third-order valence-corrected chi connectivity index (χ3v) is 2.37. The van der Waals surface area contributed by atoms with Crippen LogP contribution < -0.4 is 0 Å². The van der Waals surface area contributed by atoms with E-state index < -0.39 is 30.2 Å². The Labute approximate surface area is 97.4 Å². The first-order chi connectivity index (χ1) is 7.45. The smallest absolute Gasteiger partial charge is 0.309 e. The molecule has 0 aliphatic heterocycles. The summed E-state index contributed by atoms with van der Waals surface area (Å²) < 4.78 is 38.1. The quantitative estimate of drug-likeness (QED) is 0.869. The molecule has 3 nitrogen and oxygen atoms in total. The highest BCUT2D eigenvalue weighted by atomic mass is 79.9. The summed E-state index contributed by atoms with van der Waals surface area (Å²) in [4.78, 5) is 14.0. The summed E-state index contributed by atoms with van der Waals surface area (Å²) in [6.07, 6.45) is -3.60. The van der Waals surface area contributed by atoms with Crippen LogP contribution in [0, 0.1) is 5.82 Å². The summed E-state index contributed by atoms with van der Waals surface area (Å²) in [6, 6.07) is 0.631. The Bertz CT molecular complexity index is 412. The van der Waals surface area contributed by atoms with Gasteiger partial charge in [0.25, 0.3) is 6.43 Å². The average molecular weight is 298 g/mol. The van der Waals surface area contributed by atoms with Gasteiger partial charge >= 0.3 is 5.97 Å². The fourth-order valence-electron chi connectivity index (χ4n) is 1.15. The molecule has 0 fully saturated rings. The van der Waals surface area contributed by atoms with Gasteiger partial charge in [0.05, 0.1) is 17.8 Å². The molecular formula is C9H7BrF3NO2. The van der Waals surface area contributed by atoms with Crippen molar-refractivity contribution in [3.05, 3.63) is 28.8 Å². The zero-order valence-corrected chi connectivity index (χ0v) is 9.47. The van der Waals surface area contributed by atoms with Crippen molar-refractivity contribution in [1.82, 2.24) is 4.98 Å². The third kappa shape index (κ3) is 2.94. The summed E-state index contributed by atoms with van der Waals surface area (Å²) in [5.74, 6) is -2.16. The number of carboxylic acids is 1. The number of aliphatic carboxylic acids is 1. The predicted molar refractivity (Wildman–Crippen MR) is 53.1 cm³/mol. The van der Waals surface area contributed by atoms with Gasteiger partial charge in [-0.1, -0.05) is 15.9 Å². The van der Waals surface area contributed by atoms with E-state index in [1.165, 1.54) is 0 Å². The fourth-order valence-corrected chi connectivity index (χ4v) is 1.54. The maximum Gasteiger partial charge on any atom is 0.309 e. The van der Waals surface area contributed by atoms with Gasteiger partial charge in [0, 0.05) is 10.9 Å². The number of carbonyl (C=O) groups is 1. The SMILES string of the molecule is O=C(O)Cc1nc(CBr)c(F)cc1C(F)F. The normalized spacial score (nSPS) is 10.8. The number of aromatic nitrogens is 1. The number of pyridine rings is 1. The Morgan fingerprint density at radius 2 is 2.12 bits per heavy atom. The van der Waals surface area contributed by atoms with E-state index in [0.29, 0.717) is 6.07 Å². The van der Waals surface area contributed by atoms with Crippen LogP contribution in [0.4, 0.5) is 13.2 Å². The minimum absolute atomic E-state index is 0.0367. The van der Waals surface area contributed by atoms with Crippen molar-refractivity contribution in [3.63, 3.8) is 0 Å². The molecule has 1 aromatic heterocycles. The third-order valence-electron chi connectivity index (χ3n) is 1.84. The van der Waals surface area contributed by atoms with Crippen LogP contribution in [0.25, 0.3) is 0 Å². The highest BCUT2D eigenvalue weighted by Gasteiger charge is 2.19. The van der Waals surface area contributed by atoms with Crippen molar-refractivity contribution in [1.29, 1.82) is 0 Å². The molecule has 0 radical (unpaired) electrons. The number of hydrogen-bond donors (Lipinski definition) is 1. The van der Waals surface area contributed by atoms with E-state index in [2.05, 4.69) is 20.9 Å². The summed E-state index contributed by atoms with van der Waals surface area (Å²) in [5.41, 5.74) is -1.07. The molecule has 7 heteroatoms. The molecule has 88 valence electrons. The molecule has 0 amide bonds. The molecule has 1 heterocycles. The predicted octanol–water partition coefficient (Wildman–Crippen LogP) is 2.68. The van der Waals surface area contributed by atoms with E-state index in [1.807, 2.05) is 0 Å². The highest BCUT2D eigenvalue weighted by Crippen LogP contribution is 2.25. The lowest BCUT2D eigenvalue weighted by Gasteiger charge is -2.08. The minimum Gasteiger partial charge on any atom is -0.481 e. The molecule has 0 aliphatic carbocycles. The zero-order chi connectivity index (χ0) is 12.3. The van der Waals surface area contributed by atoms with Crippen LogP contribution in [0.2, 0.25) is 0 Å². The molecule has 0 unspecified atom stereocenters. The Morgan fingerprint density at radius 1 is 1.50 bits per heavy atom. The van der Waals surface area contributed by atoms with Crippen molar-refractivity contribution < 1.29 is 23.1 Å². The summed E-state index contributed by atoms with van der Waals surface area (Å²) >= 11 is 2.93. The highest BCUT2D eigenvalue weighted by molar-refractivity contribution is 9.08. The van der Waals surface area contributed by atoms with Crippen LogP contribution in [0.3, 0.4) is 0 Å². The topological polar surface area (TPSA) is 50.2 Å². The first-order valence-electron chi connectivity index (χ1n) is 4.19. The Morgan fingerprint density at radius 3 is 2.56 bits per heavy atom. The van der Waals surface area contributed by atoms with Gasteiger partial charge in [-0.05, 0) is 6.07 Å². The monoisotopic (exact) mass is 297 g/mol. The number of rotatable bonds is 4. The van der Waals surface area contributed by atoms with Crippen LogP contribution in [-0.4, -0.2) is 16.1 Å². The van der Waals surface area contributed by atoms with Gasteiger partial charge in [-0.3, -0.25) is 9.78 Å². The second kappa shape index (κ2) is 5.29. The first kappa shape index (κ1) is 13.0. The molecule has 0 atom stereocenters. The number of carboxylic acid groups (broad SMARTS) is 1. The molecule has 1 aromatic rings. The summed E-state index contributed by atoms with van der Waals surface area (Å²) in [7, 11) is 0. The second-order valence-corrected chi connectivity index (χ2v) is 3.52. The Hall–Kier alpha value is -1.11. The average Bonchev–Trinajstić information content (AvgIpc) is 2.19. The molecule has 1 rings (SSSR count). The molecule has 0 spiro atoms. The van der Waals surface area contributed by atoms with Crippen LogP contribution in [-0.2, 0) is 16.5 Å². The van der Waals surface area contributed by atoms with Crippen molar-refractivity contribution in [2.24, 2.45) is 0 Å². The Balaban J connectivity index is 3.24. The van der Waals surface area contributed by atoms with E-state index in [9.17, 15) is 18.0 Å². The van der Waals surface area contributed by atoms with Gasteiger partial charge in [-0.2, -0.15) is 0 Å². The van der Waals surface area contributed by atoms with E-state index >= 15 is 0 Å². The Kier molecular flexibility index (Phi) is 4.28. The largest absolute Gasteiger partial charge is 0.481 e. The van der Waals surface area contributed by atoms with Crippen LogP contribution >= 0.6 is 15.9 Å². The van der Waals surface area contributed by atoms with E-state index in [-0.39, 0.29) is 16.7 Å². The fraction of sp³-hybridized carbons (Fsp3) is 0.333. The van der Waals surface area contributed by atoms with E-state index in [1.54, 1.807) is 0 Å². The molecule has 16 heavy (non-hydrogen) atoms. The lowest BCUT2D eigenvalue weighted by Crippen LogP contribution is -2.09. The molecule has 0 bridgehead atoms. The van der Waals surface area contributed by atoms with Crippen LogP contribution in [0.15, 0.2) is 6.07 Å². The lowest BCUT2D eigenvalue weighted by molar-refractivity contribution is -0.136. The zero-order valence-electron chi connectivity index (χ0n) is 7.88. The summed E-state index contributed by atoms with van der Waals surface area (Å²) in [5, 5.41) is 8.55. The van der Waals surface area contributed by atoms with Gasteiger partial charge in [0.2, 0.25) is 0 Å². The number of nitrogens with zero attached hydrogens (tertiary/aromatic N) is 1. The van der Waals surface area contributed by atoms with Gasteiger partial charge in [0.15, 0.2) is 0 Å². The van der Waals surface area contributed by atoms with Gasteiger partial charge in [-0.15, -0.1) is 0 Å². The minimum atomic E-state index is -2.94. The van der Waals surface area contributed by atoms with Crippen LogP contribution in [0.5, 0.6) is 0 Å². The van der Waals surface area contributed by atoms with E-state index in [0.717, 1.165) is 0 Å². The second-order valence-electron chi connectivity index (χ2n) is 2.96. The number of hydrogen-bond acceptors (Lipinski definition) is 2. The molecule has 0 aliphatic rings. The number of halogens is 4. The van der Waals surface area contributed by atoms with Gasteiger partial charge in [-0.25, -0.2) is 13.2 Å². The standard InChI is InChI=1S/C9H7BrF3NO2/c10-3-7-5(11)1-4(9(12)13)6(14-7)2-8(15)16/h1,9H,2-3H2,(H,15,16). The molecule has 0 saturated heterocycles. The maximum absolute atomic E-state index is 13.2.